The van der Waals surface area contributed by atoms with Crippen LogP contribution in [0.15, 0.2) is 122 Å². The van der Waals surface area contributed by atoms with Gasteiger partial charge in [-0.2, -0.15) is 0 Å². The summed E-state index contributed by atoms with van der Waals surface area (Å²) in [7, 11) is 1.46. The minimum Gasteiger partial charge on any atom is -0.456 e. The van der Waals surface area contributed by atoms with Gasteiger partial charge in [0.25, 0.3) is 0 Å². The molecular formula is C72H126N2O7P+. The lowest BCUT2D eigenvalue weighted by Crippen LogP contribution is -2.47. The maximum Gasteiger partial charge on any atom is 0.472 e. The number of esters is 1. The molecule has 0 radical (unpaired) electrons. The Kier molecular flexibility index (Phi) is 57.9. The van der Waals surface area contributed by atoms with E-state index in [9.17, 15) is 19.0 Å². The molecule has 0 fully saturated rings. The first-order chi connectivity index (χ1) is 39.9. The predicted molar refractivity (Wildman–Crippen MR) is 355 cm³/mol. The number of ether oxygens (including phenoxy) is 1. The van der Waals surface area contributed by atoms with Gasteiger partial charge in [-0.1, -0.05) is 265 Å². The van der Waals surface area contributed by atoms with Gasteiger partial charge < -0.3 is 19.4 Å². The Balaban J connectivity index is 5.16. The van der Waals surface area contributed by atoms with E-state index >= 15 is 0 Å². The molecular weight excluding hydrogens is 1040 g/mol. The van der Waals surface area contributed by atoms with Gasteiger partial charge in [0.2, 0.25) is 5.91 Å². The van der Waals surface area contributed by atoms with Crippen LogP contribution in [0.2, 0.25) is 0 Å². The molecule has 2 N–H and O–H groups in total. The van der Waals surface area contributed by atoms with E-state index < -0.39 is 20.0 Å². The number of likely N-dealkylation sites (N-methyl/N-ethyl adjacent to an activating group) is 1. The minimum absolute atomic E-state index is 0.0277. The molecule has 0 saturated carbocycles. The number of nitrogens with one attached hydrogen (secondary N) is 1. The van der Waals surface area contributed by atoms with E-state index in [0.29, 0.717) is 17.4 Å². The molecule has 0 rings (SSSR count). The van der Waals surface area contributed by atoms with Crippen LogP contribution in [0.5, 0.6) is 0 Å². The summed E-state index contributed by atoms with van der Waals surface area (Å²) in [6.07, 6.45) is 84.9. The summed E-state index contributed by atoms with van der Waals surface area (Å²) >= 11 is 0. The molecule has 10 heteroatoms. The summed E-state index contributed by atoms with van der Waals surface area (Å²) in [5.74, 6) is -0.548. The SMILES string of the molecule is CC/C=C\C/C=C\C/C=C\C/C=C\C/C=C\CCCCCCCCCCCCCC(=O)OC(/C=C\CCCCCCCCCCCCC)C(COP(=O)(O)OCC[N+](C)(C)C)NC(=O)CCCCC/C=C/C/C=C/C/C=C/C/C=C/CC. The lowest BCUT2D eigenvalue weighted by molar-refractivity contribution is -0.870. The predicted octanol–water partition coefficient (Wildman–Crippen LogP) is 21.1. The number of carbonyl (C=O) groups is 2. The summed E-state index contributed by atoms with van der Waals surface area (Å²) < 4.78 is 30.7. The molecule has 0 aliphatic carbocycles. The van der Waals surface area contributed by atoms with Crippen molar-refractivity contribution in [2.24, 2.45) is 0 Å². The van der Waals surface area contributed by atoms with Gasteiger partial charge in [0, 0.05) is 12.8 Å². The highest BCUT2D eigenvalue weighted by atomic mass is 31.2. The molecule has 0 aromatic rings. The Hall–Kier alpha value is -3.59. The lowest BCUT2D eigenvalue weighted by Gasteiger charge is -2.27. The molecule has 9 nitrogen and oxygen atoms in total. The zero-order valence-electron chi connectivity index (χ0n) is 53.7. The van der Waals surface area contributed by atoms with Crippen molar-refractivity contribution in [3.05, 3.63) is 122 Å². The van der Waals surface area contributed by atoms with E-state index in [1.165, 1.54) is 109 Å². The molecule has 0 aromatic heterocycles. The zero-order chi connectivity index (χ0) is 60.0. The molecule has 0 bridgehead atoms. The van der Waals surface area contributed by atoms with Crippen LogP contribution in [0.25, 0.3) is 0 Å². The van der Waals surface area contributed by atoms with Crippen molar-refractivity contribution in [1.82, 2.24) is 5.32 Å². The van der Waals surface area contributed by atoms with Gasteiger partial charge in [-0.25, -0.2) is 4.57 Å². The molecule has 0 aromatic carbocycles. The van der Waals surface area contributed by atoms with Crippen molar-refractivity contribution in [1.29, 1.82) is 0 Å². The third-order valence-corrected chi connectivity index (χ3v) is 15.1. The van der Waals surface area contributed by atoms with E-state index in [1.807, 2.05) is 33.3 Å². The fraction of sp³-hybridized carbons (Fsp3) is 0.694. The summed E-state index contributed by atoms with van der Waals surface area (Å²) in [5, 5.41) is 3.04. The third kappa shape index (κ3) is 61.0. The lowest BCUT2D eigenvalue weighted by atomic mass is 10.0. The molecule has 0 saturated heterocycles. The van der Waals surface area contributed by atoms with Gasteiger partial charge in [-0.05, 0) is 115 Å². The Bertz CT molecular complexity index is 1820. The van der Waals surface area contributed by atoms with E-state index in [-0.39, 0.29) is 37.9 Å². The van der Waals surface area contributed by atoms with Crippen molar-refractivity contribution in [2.45, 2.75) is 283 Å². The van der Waals surface area contributed by atoms with Gasteiger partial charge in [-0.3, -0.25) is 18.6 Å². The number of rotatable bonds is 59. The second-order valence-corrected chi connectivity index (χ2v) is 24.7. The number of quaternary nitrogens is 1. The van der Waals surface area contributed by atoms with Gasteiger partial charge in [0.05, 0.1) is 33.8 Å². The quantitative estimate of drug-likeness (QED) is 0.0205. The van der Waals surface area contributed by atoms with Crippen LogP contribution in [0.4, 0.5) is 0 Å². The second-order valence-electron chi connectivity index (χ2n) is 23.2. The fourth-order valence-electron chi connectivity index (χ4n) is 9.08. The number of unbranched alkanes of at least 4 members (excludes halogenated alkanes) is 25. The van der Waals surface area contributed by atoms with Crippen LogP contribution >= 0.6 is 7.82 Å². The number of nitrogens with zero attached hydrogens (tertiary/aromatic N) is 1. The van der Waals surface area contributed by atoms with Crippen LogP contribution in [0.3, 0.4) is 0 Å². The van der Waals surface area contributed by atoms with Crippen molar-refractivity contribution in [2.75, 3.05) is 40.9 Å². The number of allylic oxidation sites excluding steroid dienone is 19. The van der Waals surface area contributed by atoms with Gasteiger partial charge >= 0.3 is 13.8 Å². The van der Waals surface area contributed by atoms with Crippen molar-refractivity contribution < 1.29 is 37.3 Å². The molecule has 0 aliphatic rings. The molecule has 470 valence electrons. The largest absolute Gasteiger partial charge is 0.472 e. The maximum atomic E-state index is 13.6. The van der Waals surface area contributed by atoms with E-state index in [1.54, 1.807) is 0 Å². The second kappa shape index (κ2) is 60.5. The first kappa shape index (κ1) is 78.4. The first-order valence-electron chi connectivity index (χ1n) is 33.4. The highest BCUT2D eigenvalue weighted by Gasteiger charge is 2.30. The number of carbonyl (C=O) groups excluding carboxylic acids is 2. The highest BCUT2D eigenvalue weighted by Crippen LogP contribution is 2.43. The summed E-state index contributed by atoms with van der Waals surface area (Å²) in [5.41, 5.74) is 0. The Labute approximate surface area is 505 Å². The zero-order valence-corrected chi connectivity index (χ0v) is 54.6. The van der Waals surface area contributed by atoms with Crippen LogP contribution < -0.4 is 5.32 Å². The van der Waals surface area contributed by atoms with Gasteiger partial charge in [-0.15, -0.1) is 0 Å². The number of hydrogen-bond donors (Lipinski definition) is 2. The Morgan fingerprint density at radius 1 is 0.439 bits per heavy atom. The Morgan fingerprint density at radius 3 is 1.18 bits per heavy atom. The minimum atomic E-state index is -4.47. The van der Waals surface area contributed by atoms with Crippen LogP contribution in [-0.4, -0.2) is 74.3 Å². The summed E-state index contributed by atoms with van der Waals surface area (Å²) in [6, 6.07) is -0.874. The summed E-state index contributed by atoms with van der Waals surface area (Å²) in [4.78, 5) is 37.8. The number of amides is 1. The van der Waals surface area contributed by atoms with Gasteiger partial charge in [0.1, 0.15) is 19.3 Å². The molecule has 0 heterocycles. The molecule has 3 unspecified atom stereocenters. The molecule has 1 amide bonds. The van der Waals surface area contributed by atoms with Crippen LogP contribution in [0.1, 0.15) is 271 Å². The smallest absolute Gasteiger partial charge is 0.456 e. The summed E-state index contributed by atoms with van der Waals surface area (Å²) in [6.45, 7) is 6.76. The van der Waals surface area contributed by atoms with Crippen molar-refractivity contribution in [3.63, 3.8) is 0 Å². The fourth-order valence-corrected chi connectivity index (χ4v) is 9.81. The Morgan fingerprint density at radius 2 is 0.780 bits per heavy atom. The van der Waals surface area contributed by atoms with Gasteiger partial charge in [0.15, 0.2) is 0 Å². The van der Waals surface area contributed by atoms with E-state index in [0.717, 1.165) is 122 Å². The monoisotopic (exact) mass is 1160 g/mol. The highest BCUT2D eigenvalue weighted by molar-refractivity contribution is 7.47. The number of phosphoric acid groups is 1. The molecule has 0 spiro atoms. The van der Waals surface area contributed by atoms with Crippen LogP contribution in [0, 0.1) is 0 Å². The number of phosphoric ester groups is 1. The van der Waals surface area contributed by atoms with Crippen LogP contribution in [-0.2, 0) is 27.9 Å². The van der Waals surface area contributed by atoms with E-state index in [2.05, 4.69) is 135 Å². The van der Waals surface area contributed by atoms with Crippen molar-refractivity contribution in [3.8, 4) is 0 Å². The number of hydrogen-bond acceptors (Lipinski definition) is 6. The standard InChI is InChI=1S/C72H125N2O7P/c1-7-10-13-16-19-22-25-28-30-32-33-34-35-36-37-38-39-40-41-42-44-47-50-53-56-59-62-65-72(76)81-70(63-60-57-54-51-48-45-27-24-21-18-15-12-9-3)69(68-80-82(77,78)79-67-66-74(4,5)6)73-71(75)64-61-58-55-52-49-46-43-31-29-26-23-20-17-14-11-8-2/h10-11,13-14,19-20,22-23,28-31,33-34,36-37,46,49,60,63,69-70H,7-9,12,15-18,21,24-27,32,35,38-45,47-48,50-59,61-62,64-68H2,1-6H3,(H-,73,75,77,78)/p+1/b13-10-,14-11+,22-19-,23-20+,30-28-,31-29+,34-33-,37-36-,49-46+,63-60-. The van der Waals surface area contributed by atoms with E-state index in [4.69, 9.17) is 13.8 Å². The maximum absolute atomic E-state index is 13.6. The topological polar surface area (TPSA) is 111 Å². The average Bonchev–Trinajstić information content (AvgIpc) is 3.45. The van der Waals surface area contributed by atoms with Crippen molar-refractivity contribution >= 4 is 19.7 Å². The third-order valence-electron chi connectivity index (χ3n) is 14.1. The molecule has 82 heavy (non-hydrogen) atoms. The average molecular weight is 1160 g/mol. The first-order valence-corrected chi connectivity index (χ1v) is 34.9. The normalized spacial score (nSPS) is 14.4. The molecule has 3 atom stereocenters. The molecule has 0 aliphatic heterocycles.